The number of anilines is 1. The Morgan fingerprint density at radius 1 is 1.19 bits per heavy atom. The summed E-state index contributed by atoms with van der Waals surface area (Å²) < 4.78 is 46.1. The van der Waals surface area contributed by atoms with Gasteiger partial charge in [0, 0.05) is 6.54 Å². The molecule has 0 aromatic heterocycles. The summed E-state index contributed by atoms with van der Waals surface area (Å²) in [5.74, 6) is -0.206. The van der Waals surface area contributed by atoms with Crippen LogP contribution < -0.4 is 14.8 Å². The number of fused-ring (bicyclic) bond motifs is 1. The first kappa shape index (κ1) is 19.3. The van der Waals surface area contributed by atoms with Crippen molar-refractivity contribution in [3.8, 4) is 5.75 Å². The van der Waals surface area contributed by atoms with Crippen molar-refractivity contribution >= 4 is 21.6 Å². The van der Waals surface area contributed by atoms with Crippen LogP contribution in [0.15, 0.2) is 47.4 Å². The minimum absolute atomic E-state index is 0.0132. The molecule has 1 heterocycles. The van der Waals surface area contributed by atoms with E-state index in [1.54, 1.807) is 6.07 Å². The molecular formula is C19H21FN2O4S. The molecular weight excluding hydrogens is 371 g/mol. The molecule has 1 aliphatic heterocycles. The average molecular weight is 392 g/mol. The van der Waals surface area contributed by atoms with Crippen LogP contribution in [-0.2, 0) is 21.4 Å². The fraction of sp³-hybridized carbons (Fsp3) is 0.316. The number of carbonyl (C=O) groups is 1. The summed E-state index contributed by atoms with van der Waals surface area (Å²) in [6.45, 7) is 2.06. The van der Waals surface area contributed by atoms with Crippen LogP contribution >= 0.6 is 0 Å². The molecule has 0 aliphatic carbocycles. The Hall–Kier alpha value is -2.45. The summed E-state index contributed by atoms with van der Waals surface area (Å²) in [6.07, 6.45) is 1.88. The Morgan fingerprint density at radius 2 is 1.93 bits per heavy atom. The van der Waals surface area contributed by atoms with Gasteiger partial charge in [0.05, 0.1) is 10.6 Å². The summed E-state index contributed by atoms with van der Waals surface area (Å²) >= 11 is 0. The van der Waals surface area contributed by atoms with Gasteiger partial charge in [0.25, 0.3) is 5.91 Å². The minimum Gasteiger partial charge on any atom is -0.478 e. The van der Waals surface area contributed by atoms with Gasteiger partial charge in [-0.1, -0.05) is 25.5 Å². The fourth-order valence-corrected chi connectivity index (χ4v) is 3.78. The first-order valence-electron chi connectivity index (χ1n) is 8.75. The molecule has 0 spiro atoms. The van der Waals surface area contributed by atoms with Gasteiger partial charge in [0.2, 0.25) is 10.0 Å². The van der Waals surface area contributed by atoms with Gasteiger partial charge in [-0.3, -0.25) is 4.79 Å². The van der Waals surface area contributed by atoms with E-state index in [0.29, 0.717) is 23.4 Å². The molecule has 0 saturated carbocycles. The molecule has 0 bridgehead atoms. The molecule has 2 aromatic carbocycles. The average Bonchev–Trinajstić information content (AvgIpc) is 2.65. The second kappa shape index (κ2) is 8.06. The molecule has 3 rings (SSSR count). The van der Waals surface area contributed by atoms with Crippen LogP contribution in [-0.4, -0.2) is 20.4 Å². The highest BCUT2D eigenvalue weighted by molar-refractivity contribution is 7.89. The van der Waals surface area contributed by atoms with Gasteiger partial charge < -0.3 is 10.1 Å². The van der Waals surface area contributed by atoms with E-state index >= 15 is 0 Å². The van der Waals surface area contributed by atoms with E-state index in [1.165, 1.54) is 36.4 Å². The highest BCUT2D eigenvalue weighted by Crippen LogP contribution is 2.32. The van der Waals surface area contributed by atoms with Gasteiger partial charge in [-0.05, 0) is 48.7 Å². The lowest BCUT2D eigenvalue weighted by molar-refractivity contribution is -0.123. The van der Waals surface area contributed by atoms with E-state index in [0.717, 1.165) is 12.8 Å². The van der Waals surface area contributed by atoms with Crippen LogP contribution in [0.5, 0.6) is 5.75 Å². The predicted octanol–water partition coefficient (Wildman–Crippen LogP) is 3.19. The van der Waals surface area contributed by atoms with Gasteiger partial charge in [0.15, 0.2) is 6.10 Å². The Balaban J connectivity index is 1.73. The zero-order valence-electron chi connectivity index (χ0n) is 14.9. The lowest BCUT2D eigenvalue weighted by Gasteiger charge is -2.26. The van der Waals surface area contributed by atoms with E-state index < -0.39 is 16.1 Å². The van der Waals surface area contributed by atoms with Crippen molar-refractivity contribution in [1.82, 2.24) is 4.72 Å². The summed E-state index contributed by atoms with van der Waals surface area (Å²) in [6, 6.07) is 9.90. The number of ether oxygens (including phenoxy) is 1. The molecule has 1 atom stereocenters. The molecule has 8 heteroatoms. The SMILES string of the molecule is CCCC[C@@H]1Oc2ccc(S(=O)(=O)NCc3ccc(F)cc3)cc2NC1=O. The number of hydrogen-bond donors (Lipinski definition) is 2. The molecule has 1 aliphatic rings. The van der Waals surface area contributed by atoms with Crippen molar-refractivity contribution < 1.29 is 22.3 Å². The van der Waals surface area contributed by atoms with Crippen molar-refractivity contribution in [2.45, 2.75) is 43.7 Å². The van der Waals surface area contributed by atoms with E-state index in [2.05, 4.69) is 10.0 Å². The Morgan fingerprint density at radius 3 is 2.63 bits per heavy atom. The Kier molecular flexibility index (Phi) is 5.76. The second-order valence-electron chi connectivity index (χ2n) is 6.35. The first-order valence-corrected chi connectivity index (χ1v) is 10.2. The molecule has 0 fully saturated rings. The number of halogens is 1. The number of rotatable bonds is 7. The molecule has 2 N–H and O–H groups in total. The number of carbonyl (C=O) groups excluding carboxylic acids is 1. The normalized spacial score (nSPS) is 16.4. The van der Waals surface area contributed by atoms with E-state index in [-0.39, 0.29) is 23.2 Å². The molecule has 0 saturated heterocycles. The zero-order valence-corrected chi connectivity index (χ0v) is 15.7. The number of unbranched alkanes of at least 4 members (excludes halogenated alkanes) is 1. The summed E-state index contributed by atoms with van der Waals surface area (Å²) in [5, 5.41) is 2.71. The lowest BCUT2D eigenvalue weighted by atomic mass is 10.1. The van der Waals surface area contributed by atoms with Gasteiger partial charge in [-0.15, -0.1) is 0 Å². The number of hydrogen-bond acceptors (Lipinski definition) is 4. The number of benzene rings is 2. The molecule has 27 heavy (non-hydrogen) atoms. The van der Waals surface area contributed by atoms with Gasteiger partial charge in [-0.25, -0.2) is 17.5 Å². The standard InChI is InChI=1S/C19H21FN2O4S/c1-2-3-4-18-19(23)22-16-11-15(9-10-17(16)26-18)27(24,25)21-12-13-5-7-14(20)8-6-13/h5-11,18,21H,2-4,12H2,1H3,(H,22,23)/t18-/m0/s1. The van der Waals surface area contributed by atoms with Crippen LogP contribution in [0.25, 0.3) is 0 Å². The monoisotopic (exact) mass is 392 g/mol. The Bertz CT molecular complexity index is 929. The maximum absolute atomic E-state index is 12.9. The number of amides is 1. The number of sulfonamides is 1. The van der Waals surface area contributed by atoms with Gasteiger partial charge >= 0.3 is 0 Å². The summed E-state index contributed by atoms with van der Waals surface area (Å²) in [4.78, 5) is 12.1. The third-order valence-electron chi connectivity index (χ3n) is 4.28. The summed E-state index contributed by atoms with van der Waals surface area (Å²) in [5.41, 5.74) is 0.964. The molecule has 144 valence electrons. The van der Waals surface area contributed by atoms with Crippen LogP contribution in [0.4, 0.5) is 10.1 Å². The van der Waals surface area contributed by atoms with Crippen LogP contribution in [0.2, 0.25) is 0 Å². The van der Waals surface area contributed by atoms with Crippen molar-refractivity contribution in [3.63, 3.8) is 0 Å². The van der Waals surface area contributed by atoms with Crippen molar-refractivity contribution in [3.05, 3.63) is 53.8 Å². The van der Waals surface area contributed by atoms with Gasteiger partial charge in [0.1, 0.15) is 11.6 Å². The van der Waals surface area contributed by atoms with E-state index in [9.17, 15) is 17.6 Å². The molecule has 0 radical (unpaired) electrons. The molecule has 2 aromatic rings. The highest BCUT2D eigenvalue weighted by Gasteiger charge is 2.28. The second-order valence-corrected chi connectivity index (χ2v) is 8.11. The largest absolute Gasteiger partial charge is 0.478 e. The first-order chi connectivity index (χ1) is 12.9. The van der Waals surface area contributed by atoms with Gasteiger partial charge in [-0.2, -0.15) is 0 Å². The van der Waals surface area contributed by atoms with E-state index in [4.69, 9.17) is 4.74 Å². The fourth-order valence-electron chi connectivity index (χ4n) is 2.74. The molecule has 1 amide bonds. The van der Waals surface area contributed by atoms with Crippen molar-refractivity contribution in [2.75, 3.05) is 5.32 Å². The topological polar surface area (TPSA) is 84.5 Å². The molecule has 0 unspecified atom stereocenters. The van der Waals surface area contributed by atoms with E-state index in [1.807, 2.05) is 6.92 Å². The number of nitrogens with one attached hydrogen (secondary N) is 2. The quantitative estimate of drug-likeness (QED) is 0.758. The third kappa shape index (κ3) is 4.64. The maximum atomic E-state index is 12.9. The Labute approximate surface area is 157 Å². The summed E-state index contributed by atoms with van der Waals surface area (Å²) in [7, 11) is -3.80. The predicted molar refractivity (Wildman–Crippen MR) is 99.4 cm³/mol. The minimum atomic E-state index is -3.80. The highest BCUT2D eigenvalue weighted by atomic mass is 32.2. The van der Waals surface area contributed by atoms with Crippen LogP contribution in [0.1, 0.15) is 31.7 Å². The molecule has 6 nitrogen and oxygen atoms in total. The lowest BCUT2D eigenvalue weighted by Crippen LogP contribution is -2.37. The zero-order chi connectivity index (χ0) is 19.4. The van der Waals surface area contributed by atoms with Crippen LogP contribution in [0.3, 0.4) is 0 Å². The third-order valence-corrected chi connectivity index (χ3v) is 5.68. The maximum Gasteiger partial charge on any atom is 0.265 e. The van der Waals surface area contributed by atoms with Crippen molar-refractivity contribution in [2.24, 2.45) is 0 Å². The smallest absolute Gasteiger partial charge is 0.265 e. The van der Waals surface area contributed by atoms with Crippen molar-refractivity contribution in [1.29, 1.82) is 0 Å². The van der Waals surface area contributed by atoms with Crippen LogP contribution in [0, 0.1) is 5.82 Å².